The van der Waals surface area contributed by atoms with Crippen molar-refractivity contribution in [3.8, 4) is 6.07 Å². The lowest BCUT2D eigenvalue weighted by atomic mass is 9.74. The Morgan fingerprint density at radius 1 is 1.55 bits per heavy atom. The van der Waals surface area contributed by atoms with Gasteiger partial charge in [0, 0.05) is 6.92 Å². The molecule has 62 valence electrons. The Morgan fingerprint density at radius 3 is 2.18 bits per heavy atom. The van der Waals surface area contributed by atoms with Crippen LogP contribution in [0.2, 0.25) is 0 Å². The highest BCUT2D eigenvalue weighted by Crippen LogP contribution is 2.40. The second-order valence-corrected chi connectivity index (χ2v) is 3.25. The summed E-state index contributed by atoms with van der Waals surface area (Å²) in [6.07, 6.45) is 2.59. The predicted octanol–water partition coefficient (Wildman–Crippen LogP) is 2.58. The van der Waals surface area contributed by atoms with Crippen molar-refractivity contribution in [3.63, 3.8) is 0 Å². The van der Waals surface area contributed by atoms with Gasteiger partial charge in [0.25, 0.3) is 5.92 Å². The zero-order valence-electron chi connectivity index (χ0n) is 6.48. The van der Waals surface area contributed by atoms with Crippen molar-refractivity contribution in [2.45, 2.75) is 32.1 Å². The molecule has 1 atom stereocenters. The molecule has 0 aliphatic heterocycles. The van der Waals surface area contributed by atoms with Gasteiger partial charge in [-0.05, 0) is 18.8 Å². The molecule has 3 heteroatoms. The van der Waals surface area contributed by atoms with Crippen LogP contribution >= 0.6 is 0 Å². The van der Waals surface area contributed by atoms with Crippen molar-refractivity contribution in [2.75, 3.05) is 0 Å². The van der Waals surface area contributed by atoms with E-state index in [1.807, 2.05) is 0 Å². The average molecular weight is 159 g/mol. The first-order valence-electron chi connectivity index (χ1n) is 3.83. The maximum Gasteiger partial charge on any atom is 0.261 e. The maximum atomic E-state index is 12.6. The van der Waals surface area contributed by atoms with Crippen LogP contribution in [0.1, 0.15) is 26.2 Å². The fraction of sp³-hybridized carbons (Fsp3) is 0.875. The molecule has 1 rings (SSSR count). The van der Waals surface area contributed by atoms with E-state index in [2.05, 4.69) is 0 Å². The van der Waals surface area contributed by atoms with Crippen LogP contribution in [0.4, 0.5) is 8.78 Å². The Kier molecular flexibility index (Phi) is 2.12. The number of nitriles is 1. The van der Waals surface area contributed by atoms with E-state index < -0.39 is 11.8 Å². The standard InChI is InChI=1S/C8H11F2N/c1-8(9,10)7(5-11)6-3-2-4-6/h6-7H,2-4H2,1H3. The van der Waals surface area contributed by atoms with Gasteiger partial charge in [-0.15, -0.1) is 0 Å². The molecule has 0 aromatic heterocycles. The summed E-state index contributed by atoms with van der Waals surface area (Å²) < 4.78 is 25.3. The molecule has 0 spiro atoms. The lowest BCUT2D eigenvalue weighted by Crippen LogP contribution is -2.33. The lowest BCUT2D eigenvalue weighted by Gasteiger charge is -2.32. The summed E-state index contributed by atoms with van der Waals surface area (Å²) in [5, 5.41) is 8.47. The Hall–Kier alpha value is -0.650. The van der Waals surface area contributed by atoms with Crippen molar-refractivity contribution in [1.82, 2.24) is 0 Å². The summed E-state index contributed by atoms with van der Waals surface area (Å²) in [4.78, 5) is 0. The van der Waals surface area contributed by atoms with E-state index in [0.29, 0.717) is 0 Å². The van der Waals surface area contributed by atoms with Crippen molar-refractivity contribution < 1.29 is 8.78 Å². The number of halogens is 2. The van der Waals surface area contributed by atoms with E-state index >= 15 is 0 Å². The SMILES string of the molecule is CC(F)(F)C(C#N)C1CCC1. The number of alkyl halides is 2. The van der Waals surface area contributed by atoms with Crippen LogP contribution < -0.4 is 0 Å². The third-order valence-electron chi connectivity index (χ3n) is 2.31. The fourth-order valence-electron chi connectivity index (χ4n) is 1.41. The second kappa shape index (κ2) is 2.77. The van der Waals surface area contributed by atoms with Crippen LogP contribution in [0.5, 0.6) is 0 Å². The van der Waals surface area contributed by atoms with Crippen molar-refractivity contribution in [1.29, 1.82) is 5.26 Å². The summed E-state index contributed by atoms with van der Waals surface area (Å²) in [5.41, 5.74) is 0. The number of rotatable bonds is 2. The summed E-state index contributed by atoms with van der Waals surface area (Å²) in [6, 6.07) is 1.69. The van der Waals surface area contributed by atoms with Gasteiger partial charge in [-0.3, -0.25) is 0 Å². The zero-order valence-corrected chi connectivity index (χ0v) is 6.48. The highest BCUT2D eigenvalue weighted by Gasteiger charge is 2.42. The van der Waals surface area contributed by atoms with Gasteiger partial charge < -0.3 is 0 Å². The monoisotopic (exact) mass is 159 g/mol. The first kappa shape index (κ1) is 8.45. The minimum Gasteiger partial charge on any atom is -0.206 e. The van der Waals surface area contributed by atoms with Gasteiger partial charge in [0.05, 0.1) is 6.07 Å². The molecule has 0 radical (unpaired) electrons. The molecule has 1 unspecified atom stereocenters. The van der Waals surface area contributed by atoms with Crippen molar-refractivity contribution >= 4 is 0 Å². The Morgan fingerprint density at radius 2 is 2.09 bits per heavy atom. The highest BCUT2D eigenvalue weighted by atomic mass is 19.3. The Balaban J connectivity index is 2.57. The van der Waals surface area contributed by atoms with Gasteiger partial charge >= 0.3 is 0 Å². The first-order chi connectivity index (χ1) is 5.05. The number of hydrogen-bond acceptors (Lipinski definition) is 1. The first-order valence-corrected chi connectivity index (χ1v) is 3.83. The molecule has 0 aromatic carbocycles. The molecule has 1 aliphatic rings. The van der Waals surface area contributed by atoms with Gasteiger partial charge in [-0.1, -0.05) is 6.42 Å². The van der Waals surface area contributed by atoms with Gasteiger partial charge in [-0.25, -0.2) is 8.78 Å². The molecule has 11 heavy (non-hydrogen) atoms. The molecule has 0 amide bonds. The molecule has 0 aromatic rings. The summed E-state index contributed by atoms with van der Waals surface area (Å²) in [6.45, 7) is 0.833. The normalized spacial score (nSPS) is 22.0. The van der Waals surface area contributed by atoms with Gasteiger partial charge in [-0.2, -0.15) is 5.26 Å². The largest absolute Gasteiger partial charge is 0.261 e. The second-order valence-electron chi connectivity index (χ2n) is 3.25. The predicted molar refractivity (Wildman–Crippen MR) is 37.1 cm³/mol. The quantitative estimate of drug-likeness (QED) is 0.607. The molecular weight excluding hydrogens is 148 g/mol. The smallest absolute Gasteiger partial charge is 0.206 e. The molecule has 1 nitrogen and oxygen atoms in total. The van der Waals surface area contributed by atoms with Crippen LogP contribution in [0.3, 0.4) is 0 Å². The third-order valence-corrected chi connectivity index (χ3v) is 2.31. The molecular formula is C8H11F2N. The minimum atomic E-state index is -2.82. The van der Waals surface area contributed by atoms with Crippen molar-refractivity contribution in [2.24, 2.45) is 11.8 Å². The van der Waals surface area contributed by atoms with Crippen LogP contribution in [0, 0.1) is 23.2 Å². The van der Waals surface area contributed by atoms with E-state index in [4.69, 9.17) is 5.26 Å². The van der Waals surface area contributed by atoms with E-state index in [-0.39, 0.29) is 5.92 Å². The van der Waals surface area contributed by atoms with Crippen LogP contribution in [-0.4, -0.2) is 5.92 Å². The van der Waals surface area contributed by atoms with E-state index in [1.165, 1.54) is 0 Å². The molecule has 1 fully saturated rings. The summed E-state index contributed by atoms with van der Waals surface area (Å²) in [7, 11) is 0. The Labute approximate surface area is 65.0 Å². The van der Waals surface area contributed by atoms with Gasteiger partial charge in [0.1, 0.15) is 5.92 Å². The summed E-state index contributed by atoms with van der Waals surface area (Å²) >= 11 is 0. The molecule has 0 bridgehead atoms. The molecule has 0 saturated heterocycles. The highest BCUT2D eigenvalue weighted by molar-refractivity contribution is 4.97. The molecule has 1 aliphatic carbocycles. The number of nitrogens with zero attached hydrogens (tertiary/aromatic N) is 1. The lowest BCUT2D eigenvalue weighted by molar-refractivity contribution is -0.0524. The van der Waals surface area contributed by atoms with Crippen LogP contribution in [0.15, 0.2) is 0 Å². The molecule has 0 N–H and O–H groups in total. The van der Waals surface area contributed by atoms with E-state index in [0.717, 1.165) is 26.2 Å². The van der Waals surface area contributed by atoms with Crippen LogP contribution in [0.25, 0.3) is 0 Å². The topological polar surface area (TPSA) is 23.8 Å². The maximum absolute atomic E-state index is 12.6. The average Bonchev–Trinajstić information content (AvgIpc) is 1.74. The van der Waals surface area contributed by atoms with Crippen molar-refractivity contribution in [3.05, 3.63) is 0 Å². The van der Waals surface area contributed by atoms with Gasteiger partial charge in [0.2, 0.25) is 0 Å². The van der Waals surface area contributed by atoms with Crippen LogP contribution in [-0.2, 0) is 0 Å². The fourth-order valence-corrected chi connectivity index (χ4v) is 1.41. The van der Waals surface area contributed by atoms with E-state index in [1.54, 1.807) is 6.07 Å². The summed E-state index contributed by atoms with van der Waals surface area (Å²) in [5.74, 6) is -3.93. The van der Waals surface area contributed by atoms with Gasteiger partial charge in [0.15, 0.2) is 0 Å². The third kappa shape index (κ3) is 1.68. The zero-order chi connectivity index (χ0) is 8.48. The minimum absolute atomic E-state index is 0.0556. The molecule has 1 saturated carbocycles. The number of hydrogen-bond donors (Lipinski definition) is 0. The molecule has 0 heterocycles. The Bertz CT molecular complexity index is 174. The van der Waals surface area contributed by atoms with E-state index in [9.17, 15) is 8.78 Å².